The maximum absolute atomic E-state index is 8.76. The number of aliphatic hydroxyl groups is 1. The molecule has 2 rings (SSSR count). The molecule has 1 heterocycles. The van der Waals surface area contributed by atoms with Crippen molar-refractivity contribution in [1.82, 2.24) is 0 Å². The molecule has 100 valence electrons. The molecular weight excluding hydrogens is 228 g/mol. The van der Waals surface area contributed by atoms with Crippen molar-refractivity contribution < 1.29 is 14.6 Å². The highest BCUT2D eigenvalue weighted by atomic mass is 16.7. The maximum Gasteiger partial charge on any atom is 0.164 e. The van der Waals surface area contributed by atoms with Gasteiger partial charge in [0.05, 0.1) is 12.7 Å². The Morgan fingerprint density at radius 3 is 2.78 bits per heavy atom. The fourth-order valence-electron chi connectivity index (χ4n) is 2.28. The largest absolute Gasteiger partial charge is 0.396 e. The molecular formula is C15H22O3. The first-order valence-electron chi connectivity index (χ1n) is 6.74. The van der Waals surface area contributed by atoms with Crippen molar-refractivity contribution >= 4 is 0 Å². The van der Waals surface area contributed by atoms with Gasteiger partial charge < -0.3 is 14.6 Å². The second-order valence-corrected chi connectivity index (χ2v) is 4.88. The second-order valence-electron chi connectivity index (χ2n) is 4.88. The van der Waals surface area contributed by atoms with Gasteiger partial charge in [-0.15, -0.1) is 0 Å². The first-order chi connectivity index (χ1) is 8.81. The molecule has 1 aromatic rings. The summed E-state index contributed by atoms with van der Waals surface area (Å²) in [6.07, 6.45) is 2.87. The Kier molecular flexibility index (Phi) is 5.17. The first kappa shape index (κ1) is 13.5. The van der Waals surface area contributed by atoms with Gasteiger partial charge in [0.1, 0.15) is 0 Å². The van der Waals surface area contributed by atoms with Crippen LogP contribution >= 0.6 is 0 Å². The molecule has 0 aliphatic carbocycles. The molecule has 0 radical (unpaired) electrons. The monoisotopic (exact) mass is 250 g/mol. The van der Waals surface area contributed by atoms with Crippen LogP contribution in [0.25, 0.3) is 0 Å². The average Bonchev–Trinajstić information content (AvgIpc) is 2.88. The molecule has 3 atom stereocenters. The van der Waals surface area contributed by atoms with E-state index in [1.165, 1.54) is 5.56 Å². The third kappa shape index (κ3) is 3.55. The van der Waals surface area contributed by atoms with Crippen molar-refractivity contribution in [3.63, 3.8) is 0 Å². The third-order valence-electron chi connectivity index (χ3n) is 3.44. The highest BCUT2D eigenvalue weighted by Crippen LogP contribution is 2.28. The number of aliphatic hydroxyl groups excluding tert-OH is 1. The quantitative estimate of drug-likeness (QED) is 0.789. The van der Waals surface area contributed by atoms with Crippen molar-refractivity contribution in [3.8, 4) is 0 Å². The molecule has 1 aliphatic rings. The van der Waals surface area contributed by atoms with Gasteiger partial charge in [-0.1, -0.05) is 37.3 Å². The first-order valence-corrected chi connectivity index (χ1v) is 6.74. The zero-order valence-corrected chi connectivity index (χ0v) is 10.9. The van der Waals surface area contributed by atoms with Crippen molar-refractivity contribution in [2.45, 2.75) is 44.5 Å². The van der Waals surface area contributed by atoms with Crippen LogP contribution in [0.15, 0.2) is 30.3 Å². The summed E-state index contributed by atoms with van der Waals surface area (Å²) in [4.78, 5) is 0. The van der Waals surface area contributed by atoms with Crippen LogP contribution in [0.5, 0.6) is 0 Å². The normalized spacial score (nSPS) is 25.2. The molecule has 0 saturated carbocycles. The number of unbranched alkanes of at least 4 members (excludes halogenated alkanes) is 1. The number of rotatable bonds is 6. The zero-order valence-electron chi connectivity index (χ0n) is 10.9. The van der Waals surface area contributed by atoms with Crippen LogP contribution in [-0.2, 0) is 9.47 Å². The minimum Gasteiger partial charge on any atom is -0.396 e. The van der Waals surface area contributed by atoms with Crippen molar-refractivity contribution in [1.29, 1.82) is 0 Å². The number of hydrogen-bond acceptors (Lipinski definition) is 3. The molecule has 1 N–H and O–H groups in total. The molecule has 3 heteroatoms. The van der Waals surface area contributed by atoms with Gasteiger partial charge in [0.25, 0.3) is 0 Å². The molecule has 1 aromatic carbocycles. The van der Waals surface area contributed by atoms with Crippen LogP contribution in [-0.4, -0.2) is 30.7 Å². The number of ether oxygens (including phenoxy) is 2. The van der Waals surface area contributed by atoms with Crippen molar-refractivity contribution in [2.75, 3.05) is 13.2 Å². The fraction of sp³-hybridized carbons (Fsp3) is 0.600. The summed E-state index contributed by atoms with van der Waals surface area (Å²) < 4.78 is 11.6. The molecule has 18 heavy (non-hydrogen) atoms. The molecule has 3 unspecified atom stereocenters. The van der Waals surface area contributed by atoms with Gasteiger partial charge in [0.2, 0.25) is 0 Å². The van der Waals surface area contributed by atoms with Crippen LogP contribution in [0, 0.1) is 0 Å². The van der Waals surface area contributed by atoms with E-state index >= 15 is 0 Å². The summed E-state index contributed by atoms with van der Waals surface area (Å²) in [5.41, 5.74) is 1.25. The van der Waals surface area contributed by atoms with Gasteiger partial charge in [0.15, 0.2) is 6.29 Å². The average molecular weight is 250 g/mol. The zero-order chi connectivity index (χ0) is 12.8. The Bertz CT molecular complexity index is 339. The van der Waals surface area contributed by atoms with Crippen molar-refractivity contribution in [2.24, 2.45) is 0 Å². The summed E-state index contributed by atoms with van der Waals surface area (Å²) in [7, 11) is 0. The van der Waals surface area contributed by atoms with Gasteiger partial charge in [0, 0.05) is 12.5 Å². The molecule has 3 nitrogen and oxygen atoms in total. The minimum atomic E-state index is -0.133. The lowest BCUT2D eigenvalue weighted by atomic mass is 10.0. The molecule has 0 amide bonds. The van der Waals surface area contributed by atoms with Crippen LogP contribution in [0.4, 0.5) is 0 Å². The van der Waals surface area contributed by atoms with Crippen molar-refractivity contribution in [3.05, 3.63) is 35.9 Å². The molecule has 0 aromatic heterocycles. The van der Waals surface area contributed by atoms with Gasteiger partial charge in [-0.05, 0) is 24.8 Å². The van der Waals surface area contributed by atoms with Crippen LogP contribution < -0.4 is 0 Å². The predicted octanol–water partition coefficient (Wildman–Crippen LogP) is 2.69. The maximum atomic E-state index is 8.76. The lowest BCUT2D eigenvalue weighted by molar-refractivity contribution is -0.0729. The molecule has 1 fully saturated rings. The lowest BCUT2D eigenvalue weighted by Crippen LogP contribution is -2.18. The van der Waals surface area contributed by atoms with Gasteiger partial charge >= 0.3 is 0 Å². The predicted molar refractivity (Wildman–Crippen MR) is 70.4 cm³/mol. The van der Waals surface area contributed by atoms with E-state index in [-0.39, 0.29) is 24.9 Å². The third-order valence-corrected chi connectivity index (χ3v) is 3.44. The highest BCUT2D eigenvalue weighted by Gasteiger charge is 2.30. The topological polar surface area (TPSA) is 38.7 Å². The molecule has 0 spiro atoms. The van der Waals surface area contributed by atoms with Gasteiger partial charge in [-0.2, -0.15) is 0 Å². The van der Waals surface area contributed by atoms with E-state index in [1.54, 1.807) is 0 Å². The van der Waals surface area contributed by atoms with Crippen LogP contribution in [0.3, 0.4) is 0 Å². The minimum absolute atomic E-state index is 0.133. The van der Waals surface area contributed by atoms with Crippen LogP contribution in [0.1, 0.15) is 37.7 Å². The summed E-state index contributed by atoms with van der Waals surface area (Å²) in [6.45, 7) is 3.07. The van der Waals surface area contributed by atoms with Gasteiger partial charge in [-0.25, -0.2) is 0 Å². The summed E-state index contributed by atoms with van der Waals surface area (Å²) in [5, 5.41) is 8.76. The summed E-state index contributed by atoms with van der Waals surface area (Å²) >= 11 is 0. The van der Waals surface area contributed by atoms with E-state index in [1.807, 2.05) is 18.2 Å². The summed E-state index contributed by atoms with van der Waals surface area (Å²) in [6, 6.07) is 10.3. The number of benzene rings is 1. The van der Waals surface area contributed by atoms with E-state index in [4.69, 9.17) is 14.6 Å². The van der Waals surface area contributed by atoms with E-state index in [2.05, 4.69) is 19.1 Å². The van der Waals surface area contributed by atoms with Crippen LogP contribution in [0.2, 0.25) is 0 Å². The highest BCUT2D eigenvalue weighted by molar-refractivity contribution is 5.19. The summed E-state index contributed by atoms with van der Waals surface area (Å²) in [5.74, 6) is 0.258. The van der Waals surface area contributed by atoms with E-state index < -0.39 is 0 Å². The Balaban J connectivity index is 1.81. The van der Waals surface area contributed by atoms with E-state index in [0.29, 0.717) is 6.61 Å². The van der Waals surface area contributed by atoms with E-state index in [0.717, 1.165) is 19.3 Å². The SMILES string of the molecule is CC(c1ccccc1)C1OCC(CCCCO)O1. The van der Waals surface area contributed by atoms with E-state index in [9.17, 15) is 0 Å². The Labute approximate surface area is 109 Å². The molecule has 1 aliphatic heterocycles. The Morgan fingerprint density at radius 1 is 1.28 bits per heavy atom. The lowest BCUT2D eigenvalue weighted by Gasteiger charge is -2.19. The Morgan fingerprint density at radius 2 is 2.06 bits per heavy atom. The number of hydrogen-bond donors (Lipinski definition) is 1. The molecule has 0 bridgehead atoms. The Hall–Kier alpha value is -0.900. The smallest absolute Gasteiger partial charge is 0.164 e. The standard InChI is InChI=1S/C15H22O3/c1-12(13-7-3-2-4-8-13)15-17-11-14(18-15)9-5-6-10-16/h2-4,7-8,12,14-16H,5-6,9-11H2,1H3. The van der Waals surface area contributed by atoms with Gasteiger partial charge in [-0.3, -0.25) is 0 Å². The molecule has 1 saturated heterocycles. The second kappa shape index (κ2) is 6.88. The fourth-order valence-corrected chi connectivity index (χ4v) is 2.28.